The molecule has 4 rings (SSSR count). The highest BCUT2D eigenvalue weighted by Gasteiger charge is 2.35. The summed E-state index contributed by atoms with van der Waals surface area (Å²) in [5, 5.41) is 0.147. The summed E-state index contributed by atoms with van der Waals surface area (Å²) < 4.78 is 41.8. The van der Waals surface area contributed by atoms with Crippen LogP contribution in [-0.2, 0) is 17.5 Å². The number of nitrogens with two attached hydrogens (primary N) is 1. The van der Waals surface area contributed by atoms with Crippen LogP contribution in [0, 0.1) is 0 Å². The molecule has 0 bridgehead atoms. The van der Waals surface area contributed by atoms with Crippen LogP contribution in [0.25, 0.3) is 10.2 Å². The van der Waals surface area contributed by atoms with Gasteiger partial charge in [-0.2, -0.15) is 13.2 Å². The molecule has 0 aliphatic heterocycles. The van der Waals surface area contributed by atoms with Gasteiger partial charge in [0.25, 0.3) is 5.91 Å². The molecule has 0 fully saturated rings. The molecular formula is C23H22F3N7O2S. The van der Waals surface area contributed by atoms with Crippen LogP contribution in [0.1, 0.15) is 46.1 Å². The van der Waals surface area contributed by atoms with Gasteiger partial charge < -0.3 is 15.2 Å². The van der Waals surface area contributed by atoms with Crippen molar-refractivity contribution in [1.29, 1.82) is 0 Å². The predicted molar refractivity (Wildman–Crippen MR) is 126 cm³/mol. The first-order chi connectivity index (χ1) is 17.2. The van der Waals surface area contributed by atoms with E-state index in [-0.39, 0.29) is 16.7 Å². The number of rotatable bonds is 9. The van der Waals surface area contributed by atoms with Gasteiger partial charge >= 0.3 is 6.18 Å². The lowest BCUT2D eigenvalue weighted by Crippen LogP contribution is -2.32. The summed E-state index contributed by atoms with van der Waals surface area (Å²) in [5.41, 5.74) is 5.24. The number of primary amides is 1. The summed E-state index contributed by atoms with van der Waals surface area (Å²) in [4.78, 5) is 42.7. The van der Waals surface area contributed by atoms with Crippen LogP contribution in [0.4, 0.5) is 13.2 Å². The fourth-order valence-corrected chi connectivity index (χ4v) is 4.79. The van der Waals surface area contributed by atoms with Crippen LogP contribution in [0.3, 0.4) is 0 Å². The zero-order valence-corrected chi connectivity index (χ0v) is 20.0. The number of alkyl halides is 3. The van der Waals surface area contributed by atoms with Gasteiger partial charge in [-0.05, 0) is 37.6 Å². The van der Waals surface area contributed by atoms with Crippen LogP contribution in [0.2, 0.25) is 0 Å². The molecular weight excluding hydrogens is 495 g/mol. The minimum absolute atomic E-state index is 0.147. The number of carbonyl (C=O) groups is 2. The van der Waals surface area contributed by atoms with E-state index in [0.29, 0.717) is 34.9 Å². The third kappa shape index (κ3) is 5.51. The molecule has 1 atom stereocenters. The van der Waals surface area contributed by atoms with Crippen LogP contribution < -0.4 is 5.73 Å². The highest BCUT2D eigenvalue weighted by molar-refractivity contribution is 7.18. The fourth-order valence-electron chi connectivity index (χ4n) is 3.68. The number of aryl methyl sites for hydroxylation is 1. The molecule has 9 nitrogen and oxygen atoms in total. The highest BCUT2D eigenvalue weighted by Crippen LogP contribution is 2.33. The zero-order valence-electron chi connectivity index (χ0n) is 19.1. The second-order valence-electron chi connectivity index (χ2n) is 7.91. The first-order valence-electron chi connectivity index (χ1n) is 11.0. The maximum absolute atomic E-state index is 13.1. The molecule has 0 aliphatic carbocycles. The Kier molecular flexibility index (Phi) is 7.29. The number of nitrogens with zero attached hydrogens (tertiary/aromatic N) is 6. The van der Waals surface area contributed by atoms with Gasteiger partial charge in [-0.3, -0.25) is 9.59 Å². The van der Waals surface area contributed by atoms with E-state index in [1.54, 1.807) is 35.6 Å². The number of hydrogen-bond acceptors (Lipinski definition) is 7. The molecule has 0 saturated heterocycles. The summed E-state index contributed by atoms with van der Waals surface area (Å²) in [5.74, 6) is -2.84. The van der Waals surface area contributed by atoms with E-state index in [1.165, 1.54) is 0 Å². The number of thiazole rings is 1. The average molecular weight is 518 g/mol. The standard InChI is InChI=1S/C23H22F3N7O2S/c1-2-33(10-3-9-32-11-8-28-13-32)22(35)14-4-5-15-16(12-14)36-21(30-15)18(19(27)34)20-29-7-6-17(31-20)23(24,25)26/h4-8,11-13,18H,2-3,9-10H2,1H3,(H2,27,34). The van der Waals surface area contributed by atoms with Crippen molar-refractivity contribution in [3.05, 3.63) is 71.3 Å². The van der Waals surface area contributed by atoms with Crippen LogP contribution in [-0.4, -0.2) is 54.3 Å². The second-order valence-corrected chi connectivity index (χ2v) is 8.97. The van der Waals surface area contributed by atoms with E-state index in [0.717, 1.165) is 30.5 Å². The normalized spacial score (nSPS) is 12.6. The summed E-state index contributed by atoms with van der Waals surface area (Å²) in [6, 6.07) is 5.63. The molecule has 2 N–H and O–H groups in total. The third-order valence-corrected chi connectivity index (χ3v) is 6.56. The Morgan fingerprint density at radius 1 is 1.19 bits per heavy atom. The molecule has 1 aromatic carbocycles. The van der Waals surface area contributed by atoms with E-state index in [4.69, 9.17) is 5.73 Å². The van der Waals surface area contributed by atoms with Gasteiger partial charge in [-0.1, -0.05) is 0 Å². The van der Waals surface area contributed by atoms with Crippen LogP contribution in [0.5, 0.6) is 0 Å². The monoisotopic (exact) mass is 517 g/mol. The van der Waals surface area contributed by atoms with Crippen molar-refractivity contribution in [2.24, 2.45) is 5.73 Å². The molecule has 3 heterocycles. The van der Waals surface area contributed by atoms with Gasteiger partial charge in [-0.25, -0.2) is 19.9 Å². The Hall–Kier alpha value is -3.87. The largest absolute Gasteiger partial charge is 0.433 e. The second kappa shape index (κ2) is 10.4. The summed E-state index contributed by atoms with van der Waals surface area (Å²) in [6.45, 7) is 3.69. The van der Waals surface area contributed by atoms with Gasteiger partial charge in [0.2, 0.25) is 5.91 Å². The molecule has 2 amide bonds. The number of amides is 2. The maximum Gasteiger partial charge on any atom is 0.433 e. The number of aromatic nitrogens is 5. The zero-order chi connectivity index (χ0) is 25.9. The molecule has 0 spiro atoms. The summed E-state index contributed by atoms with van der Waals surface area (Å²) in [7, 11) is 0. The van der Waals surface area contributed by atoms with Crippen LogP contribution in [0.15, 0.2) is 49.2 Å². The van der Waals surface area contributed by atoms with Gasteiger partial charge in [0.15, 0.2) is 0 Å². The van der Waals surface area contributed by atoms with Gasteiger partial charge in [0, 0.05) is 43.8 Å². The molecule has 36 heavy (non-hydrogen) atoms. The van der Waals surface area contributed by atoms with Gasteiger partial charge in [0.05, 0.1) is 16.5 Å². The first-order valence-corrected chi connectivity index (χ1v) is 11.8. The number of benzene rings is 1. The lowest BCUT2D eigenvalue weighted by Gasteiger charge is -2.21. The number of halogens is 3. The molecule has 0 saturated carbocycles. The molecule has 13 heteroatoms. The minimum atomic E-state index is -4.70. The van der Waals surface area contributed by atoms with Gasteiger partial charge in [-0.15, -0.1) is 11.3 Å². The molecule has 1 unspecified atom stereocenters. The van der Waals surface area contributed by atoms with E-state index in [9.17, 15) is 22.8 Å². The van der Waals surface area contributed by atoms with Crippen molar-refractivity contribution >= 4 is 33.4 Å². The first kappa shape index (κ1) is 25.2. The van der Waals surface area contributed by atoms with Crippen molar-refractivity contribution in [2.75, 3.05) is 13.1 Å². The lowest BCUT2D eigenvalue weighted by molar-refractivity contribution is -0.141. The SMILES string of the molecule is CCN(CCCn1ccnc1)C(=O)c1ccc2nc(C(C(N)=O)c3nccc(C(F)(F)F)n3)sc2c1. The number of carbonyl (C=O) groups excluding carboxylic acids is 2. The lowest BCUT2D eigenvalue weighted by atomic mass is 10.1. The fraction of sp³-hybridized carbons (Fsp3) is 0.304. The Morgan fingerprint density at radius 2 is 2.00 bits per heavy atom. The Labute approximate surface area is 207 Å². The van der Waals surface area contributed by atoms with E-state index < -0.39 is 23.7 Å². The molecule has 188 valence electrons. The van der Waals surface area contributed by atoms with E-state index in [1.807, 2.05) is 17.7 Å². The van der Waals surface area contributed by atoms with Gasteiger partial charge in [0.1, 0.15) is 22.4 Å². The molecule has 0 aliphatic rings. The summed E-state index contributed by atoms with van der Waals surface area (Å²) in [6.07, 6.45) is 2.25. The average Bonchev–Trinajstić information content (AvgIpc) is 3.50. The third-order valence-electron chi connectivity index (χ3n) is 5.48. The van der Waals surface area contributed by atoms with Crippen molar-refractivity contribution in [2.45, 2.75) is 32.0 Å². The molecule has 0 radical (unpaired) electrons. The van der Waals surface area contributed by atoms with E-state index >= 15 is 0 Å². The smallest absolute Gasteiger partial charge is 0.369 e. The van der Waals surface area contributed by atoms with Crippen LogP contribution >= 0.6 is 11.3 Å². The topological polar surface area (TPSA) is 120 Å². The Balaban J connectivity index is 1.57. The van der Waals surface area contributed by atoms with E-state index in [2.05, 4.69) is 19.9 Å². The van der Waals surface area contributed by atoms with Crippen molar-refractivity contribution in [3.63, 3.8) is 0 Å². The maximum atomic E-state index is 13.1. The number of imidazole rings is 1. The molecule has 4 aromatic rings. The minimum Gasteiger partial charge on any atom is -0.369 e. The van der Waals surface area contributed by atoms with Crippen molar-refractivity contribution in [1.82, 2.24) is 29.4 Å². The molecule has 3 aromatic heterocycles. The quantitative estimate of drug-likeness (QED) is 0.363. The Morgan fingerprint density at radius 3 is 2.67 bits per heavy atom. The number of fused-ring (bicyclic) bond motifs is 1. The van der Waals surface area contributed by atoms with Crippen molar-refractivity contribution in [3.8, 4) is 0 Å². The Bertz CT molecular complexity index is 1370. The number of hydrogen-bond donors (Lipinski definition) is 1. The highest BCUT2D eigenvalue weighted by atomic mass is 32.1. The summed E-state index contributed by atoms with van der Waals surface area (Å²) >= 11 is 1.05. The predicted octanol–water partition coefficient (Wildman–Crippen LogP) is 3.47. The van der Waals surface area contributed by atoms with Crippen molar-refractivity contribution < 1.29 is 22.8 Å².